The molecule has 120 valence electrons. The number of imidazole rings is 1. The Bertz CT molecular complexity index is 930. The highest BCUT2D eigenvalue weighted by atomic mass is 32.1. The number of fused-ring (bicyclic) bond motifs is 1. The molecule has 0 saturated heterocycles. The first-order valence-corrected chi connectivity index (χ1v) is 7.29. The molecule has 7 nitrogen and oxygen atoms in total. The number of aliphatic imine (C=N–C) groups is 1. The van der Waals surface area contributed by atoms with Gasteiger partial charge in [0.1, 0.15) is 11.5 Å². The number of H-pyrrole nitrogens is 1. The zero-order valence-corrected chi connectivity index (χ0v) is 13.4. The summed E-state index contributed by atoms with van der Waals surface area (Å²) in [6, 6.07) is 12.5. The smallest absolute Gasteiger partial charge is 0.413 e. The normalized spacial score (nSPS) is 10.0. The average molecular weight is 340 g/mol. The number of aromatic nitrogens is 2. The number of thiocarbonyl (C=S) groups is 1. The highest BCUT2D eigenvalue weighted by Gasteiger charge is 2.08. The number of methoxy groups -OCH3 is 1. The number of carbonyl (C=O) groups is 1. The van der Waals surface area contributed by atoms with E-state index in [0.29, 0.717) is 28.7 Å². The van der Waals surface area contributed by atoms with Crippen LogP contribution in [0.1, 0.15) is 0 Å². The first-order chi connectivity index (χ1) is 11.7. The highest BCUT2D eigenvalue weighted by Crippen LogP contribution is 2.27. The van der Waals surface area contributed by atoms with E-state index < -0.39 is 6.09 Å². The van der Waals surface area contributed by atoms with Crippen molar-refractivity contribution in [2.24, 2.45) is 4.99 Å². The number of anilines is 1. The van der Waals surface area contributed by atoms with Gasteiger partial charge in [-0.3, -0.25) is 5.32 Å². The van der Waals surface area contributed by atoms with Crippen LogP contribution in [-0.4, -0.2) is 28.3 Å². The van der Waals surface area contributed by atoms with Crippen molar-refractivity contribution < 1.29 is 14.3 Å². The monoisotopic (exact) mass is 340 g/mol. The SMILES string of the molecule is COC(=O)Nc1nc2ccc(Oc3ccc(N=C=S)cc3)cc2[nH]1. The quantitative estimate of drug-likeness (QED) is 0.547. The minimum Gasteiger partial charge on any atom is -0.457 e. The lowest BCUT2D eigenvalue weighted by atomic mass is 10.3. The number of nitrogens with one attached hydrogen (secondary N) is 2. The lowest BCUT2D eigenvalue weighted by Gasteiger charge is -2.05. The van der Waals surface area contributed by atoms with E-state index in [2.05, 4.69) is 42.4 Å². The fourth-order valence-electron chi connectivity index (χ4n) is 2.04. The lowest BCUT2D eigenvalue weighted by Crippen LogP contribution is -2.11. The van der Waals surface area contributed by atoms with Gasteiger partial charge in [0.2, 0.25) is 5.95 Å². The third kappa shape index (κ3) is 3.57. The fourth-order valence-corrected chi connectivity index (χ4v) is 2.14. The van der Waals surface area contributed by atoms with Gasteiger partial charge in [-0.05, 0) is 48.6 Å². The van der Waals surface area contributed by atoms with Crippen molar-refractivity contribution in [1.82, 2.24) is 9.97 Å². The minimum atomic E-state index is -0.593. The number of amides is 1. The molecule has 0 unspecified atom stereocenters. The van der Waals surface area contributed by atoms with Gasteiger partial charge in [-0.2, -0.15) is 4.99 Å². The Hall–Kier alpha value is -3.22. The fraction of sp³-hybridized carbons (Fsp3) is 0.0625. The molecule has 0 bridgehead atoms. The van der Waals surface area contributed by atoms with Crippen LogP contribution < -0.4 is 10.1 Å². The first kappa shape index (κ1) is 15.7. The zero-order chi connectivity index (χ0) is 16.9. The second-order valence-electron chi connectivity index (χ2n) is 4.68. The Morgan fingerprint density at radius 1 is 1.25 bits per heavy atom. The first-order valence-electron chi connectivity index (χ1n) is 6.88. The summed E-state index contributed by atoms with van der Waals surface area (Å²) in [6.07, 6.45) is -0.593. The molecule has 1 heterocycles. The molecule has 0 spiro atoms. The van der Waals surface area contributed by atoms with Gasteiger partial charge in [0.15, 0.2) is 0 Å². The molecule has 0 aliphatic heterocycles. The zero-order valence-electron chi connectivity index (χ0n) is 12.6. The van der Waals surface area contributed by atoms with E-state index in [1.807, 2.05) is 0 Å². The number of carbonyl (C=O) groups excluding carboxylic acids is 1. The molecule has 24 heavy (non-hydrogen) atoms. The maximum Gasteiger partial charge on any atom is 0.413 e. The van der Waals surface area contributed by atoms with Gasteiger partial charge in [-0.25, -0.2) is 9.78 Å². The molecule has 3 aromatic rings. The molecule has 0 fully saturated rings. The third-order valence-electron chi connectivity index (χ3n) is 3.11. The maximum absolute atomic E-state index is 11.2. The molecular weight excluding hydrogens is 328 g/mol. The summed E-state index contributed by atoms with van der Waals surface area (Å²) in [5, 5.41) is 4.79. The van der Waals surface area contributed by atoms with Crippen LogP contribution >= 0.6 is 12.2 Å². The average Bonchev–Trinajstić information content (AvgIpc) is 2.98. The van der Waals surface area contributed by atoms with Crippen LogP contribution in [0.5, 0.6) is 11.5 Å². The van der Waals surface area contributed by atoms with Gasteiger partial charge in [-0.15, -0.1) is 0 Å². The Morgan fingerprint density at radius 2 is 2.00 bits per heavy atom. The van der Waals surface area contributed by atoms with Gasteiger partial charge >= 0.3 is 6.09 Å². The number of nitrogens with zero attached hydrogens (tertiary/aromatic N) is 2. The van der Waals surface area contributed by atoms with E-state index in [9.17, 15) is 4.79 Å². The van der Waals surface area contributed by atoms with Gasteiger partial charge < -0.3 is 14.5 Å². The van der Waals surface area contributed by atoms with Crippen molar-refractivity contribution in [3.05, 3.63) is 42.5 Å². The van der Waals surface area contributed by atoms with Crippen LogP contribution in [0.15, 0.2) is 47.5 Å². The van der Waals surface area contributed by atoms with E-state index in [1.54, 1.807) is 42.5 Å². The van der Waals surface area contributed by atoms with Crippen LogP contribution in [0.2, 0.25) is 0 Å². The Kier molecular flexibility index (Phi) is 4.51. The molecule has 0 aliphatic carbocycles. The van der Waals surface area contributed by atoms with Crippen LogP contribution in [0.25, 0.3) is 11.0 Å². The van der Waals surface area contributed by atoms with Crippen LogP contribution in [0, 0.1) is 0 Å². The standard InChI is InChI=1S/C16H12N4O3S/c1-22-16(21)20-15-18-13-7-6-12(8-14(13)19-15)23-11-4-2-10(3-5-11)17-9-24/h2-8H,1H3,(H2,18,19,20,21). The number of rotatable bonds is 4. The molecule has 8 heteroatoms. The van der Waals surface area contributed by atoms with E-state index in [1.165, 1.54) is 7.11 Å². The number of hydrogen-bond acceptors (Lipinski definition) is 6. The molecule has 0 atom stereocenters. The largest absolute Gasteiger partial charge is 0.457 e. The van der Waals surface area contributed by atoms with Crippen LogP contribution in [0.4, 0.5) is 16.4 Å². The summed E-state index contributed by atoms with van der Waals surface area (Å²) < 4.78 is 10.3. The summed E-state index contributed by atoms with van der Waals surface area (Å²) in [5.74, 6) is 1.59. The van der Waals surface area contributed by atoms with Gasteiger partial charge in [0.25, 0.3) is 0 Å². The summed E-state index contributed by atoms with van der Waals surface area (Å²) in [7, 11) is 1.28. The molecule has 0 aliphatic rings. The van der Waals surface area contributed by atoms with Gasteiger partial charge in [-0.1, -0.05) is 0 Å². The lowest BCUT2D eigenvalue weighted by molar-refractivity contribution is 0.186. The van der Waals surface area contributed by atoms with E-state index in [0.717, 1.165) is 5.52 Å². The van der Waals surface area contributed by atoms with E-state index >= 15 is 0 Å². The number of aromatic amines is 1. The minimum absolute atomic E-state index is 0.302. The Morgan fingerprint density at radius 3 is 2.71 bits per heavy atom. The van der Waals surface area contributed by atoms with Crippen molar-refractivity contribution >= 4 is 46.1 Å². The number of ether oxygens (including phenoxy) is 2. The van der Waals surface area contributed by atoms with Gasteiger partial charge in [0, 0.05) is 6.07 Å². The second-order valence-corrected chi connectivity index (χ2v) is 4.86. The number of isothiocyanates is 1. The molecule has 0 radical (unpaired) electrons. The van der Waals surface area contributed by atoms with E-state index in [-0.39, 0.29) is 0 Å². The predicted molar refractivity (Wildman–Crippen MR) is 93.3 cm³/mol. The van der Waals surface area contributed by atoms with Gasteiger partial charge in [0.05, 0.1) is 29.0 Å². The van der Waals surface area contributed by atoms with Crippen molar-refractivity contribution in [2.45, 2.75) is 0 Å². The number of hydrogen-bond donors (Lipinski definition) is 2. The van der Waals surface area contributed by atoms with Crippen LogP contribution in [0.3, 0.4) is 0 Å². The molecule has 2 aromatic carbocycles. The van der Waals surface area contributed by atoms with Crippen LogP contribution in [-0.2, 0) is 4.74 Å². The highest BCUT2D eigenvalue weighted by molar-refractivity contribution is 7.78. The summed E-state index contributed by atoms with van der Waals surface area (Å²) in [4.78, 5) is 22.3. The molecule has 0 saturated carbocycles. The molecule has 2 N–H and O–H groups in total. The van der Waals surface area contributed by atoms with Crippen molar-refractivity contribution in [3.8, 4) is 11.5 Å². The number of benzene rings is 2. The summed E-state index contributed by atoms with van der Waals surface area (Å²) in [6.45, 7) is 0. The Labute approximate surface area is 142 Å². The molecule has 3 rings (SSSR count). The summed E-state index contributed by atoms with van der Waals surface area (Å²) >= 11 is 4.56. The maximum atomic E-state index is 11.2. The third-order valence-corrected chi connectivity index (χ3v) is 3.20. The molecule has 1 amide bonds. The molecular formula is C16H12N4O3S. The van der Waals surface area contributed by atoms with Crippen molar-refractivity contribution in [1.29, 1.82) is 0 Å². The van der Waals surface area contributed by atoms with Crippen molar-refractivity contribution in [2.75, 3.05) is 12.4 Å². The molecule has 1 aromatic heterocycles. The van der Waals surface area contributed by atoms with E-state index in [4.69, 9.17) is 4.74 Å². The predicted octanol–water partition coefficient (Wildman–Crippen LogP) is 4.27. The Balaban J connectivity index is 1.79. The second kappa shape index (κ2) is 6.91. The summed E-state index contributed by atoms with van der Waals surface area (Å²) in [5.41, 5.74) is 2.13. The van der Waals surface area contributed by atoms with Crippen molar-refractivity contribution in [3.63, 3.8) is 0 Å². The topological polar surface area (TPSA) is 88.6 Å².